The molecule has 1 atom stereocenters. The molecule has 0 saturated carbocycles. The Hall–Kier alpha value is -1.64. The first-order chi connectivity index (χ1) is 10.7. The molecule has 0 aliphatic rings. The monoisotopic (exact) mass is 344 g/mol. The molecule has 0 saturated heterocycles. The molecule has 0 heterocycles. The van der Waals surface area contributed by atoms with E-state index in [9.17, 15) is 13.2 Å². The molecule has 23 heavy (non-hydrogen) atoms. The van der Waals surface area contributed by atoms with E-state index in [0.717, 1.165) is 11.8 Å². The largest absolute Gasteiger partial charge is 0.379 e. The third-order valence-corrected chi connectivity index (χ3v) is 3.49. The second-order valence-electron chi connectivity index (χ2n) is 5.12. The molecule has 1 amide bonds. The fraction of sp³-hybridized carbons (Fsp3) is 0.533. The Morgan fingerprint density at radius 1 is 1.26 bits per heavy atom. The van der Waals surface area contributed by atoms with Crippen LogP contribution in [0, 0.1) is 6.92 Å². The molecule has 0 aliphatic heterocycles. The van der Waals surface area contributed by atoms with E-state index in [0.29, 0.717) is 31.2 Å². The highest BCUT2D eigenvalue weighted by atomic mass is 32.2. The topological polar surface area (TPSA) is 93.7 Å². The minimum absolute atomic E-state index is 0.310. The van der Waals surface area contributed by atoms with Gasteiger partial charge in [0, 0.05) is 6.61 Å². The lowest BCUT2D eigenvalue weighted by Gasteiger charge is -2.16. The third kappa shape index (κ3) is 7.45. The van der Waals surface area contributed by atoms with E-state index in [2.05, 4.69) is 10.0 Å². The highest BCUT2D eigenvalue weighted by molar-refractivity contribution is 7.92. The highest BCUT2D eigenvalue weighted by Crippen LogP contribution is 2.24. The Morgan fingerprint density at radius 3 is 2.57 bits per heavy atom. The number of benzene rings is 1. The summed E-state index contributed by atoms with van der Waals surface area (Å²) in [6, 6.07) is 5.05. The summed E-state index contributed by atoms with van der Waals surface area (Å²) < 4.78 is 35.7. The van der Waals surface area contributed by atoms with Crippen molar-refractivity contribution >= 4 is 27.3 Å². The fourth-order valence-corrected chi connectivity index (χ4v) is 2.37. The average molecular weight is 344 g/mol. The number of hydrogen-bond acceptors (Lipinski definition) is 5. The van der Waals surface area contributed by atoms with Gasteiger partial charge in [-0.25, -0.2) is 8.42 Å². The lowest BCUT2D eigenvalue weighted by molar-refractivity contribution is -0.127. The number of carbonyl (C=O) groups excluding carboxylic acids is 1. The highest BCUT2D eigenvalue weighted by Gasteiger charge is 2.16. The molecule has 0 bridgehead atoms. The minimum atomic E-state index is -3.44. The van der Waals surface area contributed by atoms with Gasteiger partial charge in [0.1, 0.15) is 6.10 Å². The van der Waals surface area contributed by atoms with Crippen LogP contribution in [0.3, 0.4) is 0 Å². The van der Waals surface area contributed by atoms with Gasteiger partial charge in [-0.3, -0.25) is 9.52 Å². The van der Waals surface area contributed by atoms with Crippen molar-refractivity contribution in [3.8, 4) is 0 Å². The van der Waals surface area contributed by atoms with Gasteiger partial charge >= 0.3 is 0 Å². The summed E-state index contributed by atoms with van der Waals surface area (Å²) in [6.07, 6.45) is 0.375. The van der Waals surface area contributed by atoms with Crippen molar-refractivity contribution in [3.63, 3.8) is 0 Å². The van der Waals surface area contributed by atoms with Crippen molar-refractivity contribution in [1.82, 2.24) is 0 Å². The molecule has 130 valence electrons. The van der Waals surface area contributed by atoms with Crippen LogP contribution in [0.15, 0.2) is 18.2 Å². The van der Waals surface area contributed by atoms with Gasteiger partial charge in [-0.1, -0.05) is 6.07 Å². The van der Waals surface area contributed by atoms with Crippen molar-refractivity contribution in [3.05, 3.63) is 23.8 Å². The molecular weight excluding hydrogens is 320 g/mol. The molecule has 2 N–H and O–H groups in total. The molecule has 1 rings (SSSR count). The lowest BCUT2D eigenvalue weighted by atomic mass is 10.2. The standard InChI is InChI=1S/C15H24N2O5S/c1-5-21-8-9-22-12(3)15(18)16-14-10-11(2)6-7-13(14)17-23(4,19)20/h6-7,10,12,17H,5,8-9H2,1-4H3,(H,16,18)/t12-/m1/s1. The maximum absolute atomic E-state index is 12.2. The predicted molar refractivity (Wildman–Crippen MR) is 90.2 cm³/mol. The average Bonchev–Trinajstić information content (AvgIpc) is 2.45. The first-order valence-electron chi connectivity index (χ1n) is 7.31. The smallest absolute Gasteiger partial charge is 0.253 e. The Bertz CT molecular complexity index is 631. The molecule has 8 heteroatoms. The summed E-state index contributed by atoms with van der Waals surface area (Å²) in [7, 11) is -3.44. The lowest BCUT2D eigenvalue weighted by Crippen LogP contribution is -2.29. The van der Waals surface area contributed by atoms with Crippen molar-refractivity contribution < 1.29 is 22.7 Å². The molecule has 0 aliphatic carbocycles. The molecule has 0 spiro atoms. The van der Waals surface area contributed by atoms with E-state index in [1.165, 1.54) is 0 Å². The Labute approximate surface area is 137 Å². The quantitative estimate of drug-likeness (QED) is 0.666. The maximum atomic E-state index is 12.2. The summed E-state index contributed by atoms with van der Waals surface area (Å²) in [4.78, 5) is 12.2. The van der Waals surface area contributed by atoms with Crippen molar-refractivity contribution in [2.24, 2.45) is 0 Å². The molecule has 1 aromatic carbocycles. The number of sulfonamides is 1. The van der Waals surface area contributed by atoms with E-state index in [-0.39, 0.29) is 5.91 Å². The summed E-state index contributed by atoms with van der Waals surface area (Å²) in [5.41, 5.74) is 1.60. The normalized spacial score (nSPS) is 12.7. The number of anilines is 2. The minimum Gasteiger partial charge on any atom is -0.379 e. The summed E-state index contributed by atoms with van der Waals surface area (Å²) in [6.45, 7) is 6.67. The second kappa shape index (κ2) is 8.85. The molecule has 0 radical (unpaired) electrons. The van der Waals surface area contributed by atoms with Crippen LogP contribution in [0.2, 0.25) is 0 Å². The van der Waals surface area contributed by atoms with E-state index in [1.54, 1.807) is 25.1 Å². The van der Waals surface area contributed by atoms with Gasteiger partial charge < -0.3 is 14.8 Å². The molecular formula is C15H24N2O5S. The van der Waals surface area contributed by atoms with Gasteiger partial charge in [0.05, 0.1) is 30.8 Å². The number of amides is 1. The summed E-state index contributed by atoms with van der Waals surface area (Å²) in [5, 5.41) is 2.68. The third-order valence-electron chi connectivity index (χ3n) is 2.90. The zero-order valence-electron chi connectivity index (χ0n) is 13.9. The van der Waals surface area contributed by atoms with E-state index in [1.807, 2.05) is 13.8 Å². The Balaban J connectivity index is 2.74. The first kappa shape index (κ1) is 19.4. The zero-order valence-corrected chi connectivity index (χ0v) is 14.7. The van der Waals surface area contributed by atoms with Crippen LogP contribution in [0.1, 0.15) is 19.4 Å². The number of nitrogens with one attached hydrogen (secondary N) is 2. The van der Waals surface area contributed by atoms with Crippen LogP contribution in [0.25, 0.3) is 0 Å². The molecule has 0 fully saturated rings. The molecule has 7 nitrogen and oxygen atoms in total. The fourth-order valence-electron chi connectivity index (χ4n) is 1.79. The van der Waals surface area contributed by atoms with Gasteiger partial charge in [0.15, 0.2) is 0 Å². The van der Waals surface area contributed by atoms with E-state index >= 15 is 0 Å². The molecule has 0 aromatic heterocycles. The van der Waals surface area contributed by atoms with Crippen LogP contribution in [0.5, 0.6) is 0 Å². The van der Waals surface area contributed by atoms with Crippen LogP contribution >= 0.6 is 0 Å². The van der Waals surface area contributed by atoms with Crippen molar-refractivity contribution in [2.45, 2.75) is 26.9 Å². The van der Waals surface area contributed by atoms with Crippen molar-refractivity contribution in [1.29, 1.82) is 0 Å². The predicted octanol–water partition coefficient (Wildman–Crippen LogP) is 1.75. The van der Waals surface area contributed by atoms with Crippen LogP contribution in [-0.4, -0.2) is 46.5 Å². The maximum Gasteiger partial charge on any atom is 0.253 e. The number of hydrogen-bond donors (Lipinski definition) is 2. The van der Waals surface area contributed by atoms with E-state index in [4.69, 9.17) is 9.47 Å². The van der Waals surface area contributed by atoms with Gasteiger partial charge in [0.2, 0.25) is 10.0 Å². The van der Waals surface area contributed by atoms with Crippen LogP contribution in [-0.2, 0) is 24.3 Å². The van der Waals surface area contributed by atoms with Crippen LogP contribution < -0.4 is 10.0 Å². The van der Waals surface area contributed by atoms with Gasteiger partial charge in [-0.15, -0.1) is 0 Å². The van der Waals surface area contributed by atoms with Gasteiger partial charge in [-0.05, 0) is 38.5 Å². The van der Waals surface area contributed by atoms with E-state index < -0.39 is 16.1 Å². The Kier molecular flexibility index (Phi) is 7.47. The summed E-state index contributed by atoms with van der Waals surface area (Å²) >= 11 is 0. The number of ether oxygens (including phenoxy) is 2. The van der Waals surface area contributed by atoms with Gasteiger partial charge in [-0.2, -0.15) is 0 Å². The van der Waals surface area contributed by atoms with Gasteiger partial charge in [0.25, 0.3) is 5.91 Å². The molecule has 0 unspecified atom stereocenters. The summed E-state index contributed by atoms with van der Waals surface area (Å²) in [5.74, 6) is -0.358. The number of aryl methyl sites for hydroxylation is 1. The number of rotatable bonds is 9. The Morgan fingerprint density at radius 2 is 1.96 bits per heavy atom. The number of carbonyl (C=O) groups is 1. The SMILES string of the molecule is CCOCCO[C@H](C)C(=O)Nc1cc(C)ccc1NS(C)(=O)=O. The van der Waals surface area contributed by atoms with Crippen molar-refractivity contribution in [2.75, 3.05) is 36.1 Å². The first-order valence-corrected chi connectivity index (χ1v) is 9.20. The zero-order chi connectivity index (χ0) is 17.5. The molecule has 1 aromatic rings. The van der Waals surface area contributed by atoms with Crippen LogP contribution in [0.4, 0.5) is 11.4 Å². The second-order valence-corrected chi connectivity index (χ2v) is 6.87.